The Kier molecular flexibility index (Phi) is 4.68. The van der Waals surface area contributed by atoms with Crippen molar-refractivity contribution in [1.29, 1.82) is 0 Å². The largest absolute Gasteiger partial charge is 0.317 e. The van der Waals surface area contributed by atoms with Gasteiger partial charge in [0, 0.05) is 25.2 Å². The highest BCUT2D eigenvalue weighted by molar-refractivity contribution is 5.97. The van der Waals surface area contributed by atoms with Crippen LogP contribution in [0.4, 0.5) is 0 Å². The molecule has 1 spiro atoms. The number of carbonyl (C=O) groups excluding carboxylic acids is 1. The number of nitrogens with zero attached hydrogens (tertiary/aromatic N) is 2. The van der Waals surface area contributed by atoms with Crippen LogP contribution in [0.5, 0.6) is 0 Å². The number of unbranched alkanes of at least 4 members (excludes halogenated alkanes) is 3. The molecule has 2 saturated heterocycles. The van der Waals surface area contributed by atoms with E-state index >= 15 is 0 Å². The molecule has 0 saturated carbocycles. The molecule has 0 aliphatic carbocycles. The Bertz CT molecular complexity index is 417. The minimum atomic E-state index is -0.0358. The van der Waals surface area contributed by atoms with Crippen LogP contribution in [0, 0.1) is 0 Å². The van der Waals surface area contributed by atoms with Gasteiger partial charge >= 0.3 is 0 Å². The van der Waals surface area contributed by atoms with Crippen LogP contribution in [0.15, 0.2) is 11.6 Å². The minimum Gasteiger partial charge on any atom is -0.317 e. The van der Waals surface area contributed by atoms with Gasteiger partial charge in [0.25, 0.3) is 5.91 Å². The molecule has 0 N–H and O–H groups in total. The van der Waals surface area contributed by atoms with Gasteiger partial charge in [-0.2, -0.15) is 0 Å². The predicted octanol–water partition coefficient (Wildman–Crippen LogP) is 3.70. The van der Waals surface area contributed by atoms with Crippen LogP contribution in [0.1, 0.15) is 71.1 Å². The standard InChI is InChI=1S/C18H30N2O/c1-2-3-4-6-10-16-15-18-11-7-5-8-12-19(18)13-9-14-20(18)17(16)21/h15H,2-14H2,1H3. The van der Waals surface area contributed by atoms with E-state index in [-0.39, 0.29) is 5.66 Å². The third kappa shape index (κ3) is 2.77. The summed E-state index contributed by atoms with van der Waals surface area (Å²) in [4.78, 5) is 17.6. The topological polar surface area (TPSA) is 23.6 Å². The van der Waals surface area contributed by atoms with Gasteiger partial charge in [-0.25, -0.2) is 0 Å². The highest BCUT2D eigenvalue weighted by Gasteiger charge is 2.50. The Morgan fingerprint density at radius 2 is 1.90 bits per heavy atom. The molecular formula is C18H30N2O. The van der Waals surface area contributed by atoms with E-state index in [0.29, 0.717) is 5.91 Å². The molecule has 1 atom stereocenters. The normalized spacial score (nSPS) is 29.9. The quantitative estimate of drug-likeness (QED) is 0.721. The second kappa shape index (κ2) is 6.51. The van der Waals surface area contributed by atoms with Crippen LogP contribution >= 0.6 is 0 Å². The first-order chi connectivity index (χ1) is 10.3. The summed E-state index contributed by atoms with van der Waals surface area (Å²) in [6, 6.07) is 0. The van der Waals surface area contributed by atoms with Gasteiger partial charge in [0.1, 0.15) is 5.66 Å². The first-order valence-corrected chi connectivity index (χ1v) is 9.07. The molecule has 0 aromatic heterocycles. The second-order valence-electron chi connectivity index (χ2n) is 6.97. The molecule has 0 aromatic rings. The van der Waals surface area contributed by atoms with E-state index in [0.717, 1.165) is 31.4 Å². The van der Waals surface area contributed by atoms with Gasteiger partial charge in [-0.05, 0) is 44.6 Å². The zero-order chi connectivity index (χ0) is 14.7. The zero-order valence-electron chi connectivity index (χ0n) is 13.6. The first-order valence-electron chi connectivity index (χ1n) is 9.07. The van der Waals surface area contributed by atoms with Crippen molar-refractivity contribution in [3.8, 4) is 0 Å². The van der Waals surface area contributed by atoms with Crippen LogP contribution in [0.3, 0.4) is 0 Å². The molecule has 1 amide bonds. The smallest absolute Gasteiger partial charge is 0.251 e. The summed E-state index contributed by atoms with van der Waals surface area (Å²) < 4.78 is 0. The first kappa shape index (κ1) is 15.1. The summed E-state index contributed by atoms with van der Waals surface area (Å²) in [6.07, 6.45) is 14.5. The van der Waals surface area contributed by atoms with Gasteiger partial charge in [-0.1, -0.05) is 32.6 Å². The summed E-state index contributed by atoms with van der Waals surface area (Å²) in [5, 5.41) is 0. The van der Waals surface area contributed by atoms with Gasteiger partial charge in [0.05, 0.1) is 0 Å². The molecule has 3 heteroatoms. The number of amides is 1. The van der Waals surface area contributed by atoms with Crippen molar-refractivity contribution < 1.29 is 4.79 Å². The predicted molar refractivity (Wildman–Crippen MR) is 85.9 cm³/mol. The Balaban J connectivity index is 1.76. The average molecular weight is 290 g/mol. The zero-order valence-corrected chi connectivity index (χ0v) is 13.6. The Hall–Kier alpha value is -0.830. The van der Waals surface area contributed by atoms with E-state index < -0.39 is 0 Å². The highest BCUT2D eigenvalue weighted by Crippen LogP contribution is 2.41. The van der Waals surface area contributed by atoms with E-state index in [2.05, 4.69) is 22.8 Å². The van der Waals surface area contributed by atoms with Crippen molar-refractivity contribution in [2.45, 2.75) is 76.8 Å². The molecule has 0 aromatic carbocycles. The molecule has 3 rings (SSSR count). The van der Waals surface area contributed by atoms with Crippen LogP contribution in [-0.2, 0) is 4.79 Å². The van der Waals surface area contributed by atoms with E-state index in [1.807, 2.05) is 0 Å². The fourth-order valence-electron chi connectivity index (χ4n) is 4.39. The lowest BCUT2D eigenvalue weighted by Gasteiger charge is -2.49. The van der Waals surface area contributed by atoms with Crippen LogP contribution < -0.4 is 0 Å². The fourth-order valence-corrected chi connectivity index (χ4v) is 4.39. The molecular weight excluding hydrogens is 260 g/mol. The van der Waals surface area contributed by atoms with Crippen molar-refractivity contribution in [3.05, 3.63) is 11.6 Å². The van der Waals surface area contributed by atoms with Gasteiger partial charge in [-0.3, -0.25) is 9.69 Å². The minimum absolute atomic E-state index is 0.0358. The van der Waals surface area contributed by atoms with E-state index in [9.17, 15) is 4.79 Å². The maximum atomic E-state index is 12.8. The molecule has 3 aliphatic rings. The van der Waals surface area contributed by atoms with Gasteiger partial charge in [-0.15, -0.1) is 0 Å². The van der Waals surface area contributed by atoms with Gasteiger partial charge in [0.15, 0.2) is 0 Å². The summed E-state index contributed by atoms with van der Waals surface area (Å²) in [5.41, 5.74) is 1.08. The number of carbonyl (C=O) groups is 1. The lowest BCUT2D eigenvalue weighted by molar-refractivity contribution is -0.140. The summed E-state index contributed by atoms with van der Waals surface area (Å²) in [5.74, 6) is 0.345. The lowest BCUT2D eigenvalue weighted by atomic mass is 9.97. The fraction of sp³-hybridized carbons (Fsp3) is 0.833. The molecule has 21 heavy (non-hydrogen) atoms. The van der Waals surface area contributed by atoms with Crippen molar-refractivity contribution in [2.24, 2.45) is 0 Å². The maximum Gasteiger partial charge on any atom is 0.251 e. The molecule has 3 nitrogen and oxygen atoms in total. The Labute approximate surface area is 129 Å². The van der Waals surface area contributed by atoms with Gasteiger partial charge < -0.3 is 4.90 Å². The van der Waals surface area contributed by atoms with E-state index in [1.54, 1.807) is 0 Å². The van der Waals surface area contributed by atoms with E-state index in [1.165, 1.54) is 58.0 Å². The molecule has 3 aliphatic heterocycles. The molecule has 118 valence electrons. The van der Waals surface area contributed by atoms with Crippen molar-refractivity contribution in [1.82, 2.24) is 9.80 Å². The number of rotatable bonds is 5. The molecule has 0 radical (unpaired) electrons. The maximum absolute atomic E-state index is 12.8. The second-order valence-corrected chi connectivity index (χ2v) is 6.97. The number of hydrogen-bond donors (Lipinski definition) is 0. The third-order valence-corrected chi connectivity index (χ3v) is 5.52. The Morgan fingerprint density at radius 3 is 2.76 bits per heavy atom. The lowest BCUT2D eigenvalue weighted by Crippen LogP contribution is -2.62. The van der Waals surface area contributed by atoms with Crippen LogP contribution in [0.2, 0.25) is 0 Å². The summed E-state index contributed by atoms with van der Waals surface area (Å²) >= 11 is 0. The van der Waals surface area contributed by atoms with Crippen molar-refractivity contribution in [2.75, 3.05) is 19.6 Å². The summed E-state index contributed by atoms with van der Waals surface area (Å²) in [7, 11) is 0. The highest BCUT2D eigenvalue weighted by atomic mass is 16.2. The molecule has 2 fully saturated rings. The van der Waals surface area contributed by atoms with Crippen molar-refractivity contribution in [3.63, 3.8) is 0 Å². The van der Waals surface area contributed by atoms with Crippen LogP contribution in [-0.4, -0.2) is 41.0 Å². The van der Waals surface area contributed by atoms with Crippen LogP contribution in [0.25, 0.3) is 0 Å². The van der Waals surface area contributed by atoms with E-state index in [4.69, 9.17) is 0 Å². The number of hydrogen-bond acceptors (Lipinski definition) is 2. The monoisotopic (exact) mass is 290 g/mol. The molecule has 1 unspecified atom stereocenters. The molecule has 3 heterocycles. The Morgan fingerprint density at radius 1 is 1.05 bits per heavy atom. The van der Waals surface area contributed by atoms with Crippen molar-refractivity contribution >= 4 is 5.91 Å². The average Bonchev–Trinajstić information content (AvgIpc) is 2.65. The SMILES string of the molecule is CCCCCCC1=CC23CCCCCN2CCCN3C1=O. The molecule has 0 bridgehead atoms. The van der Waals surface area contributed by atoms with Gasteiger partial charge in [0.2, 0.25) is 0 Å². The third-order valence-electron chi connectivity index (χ3n) is 5.52. The summed E-state index contributed by atoms with van der Waals surface area (Å²) in [6.45, 7) is 5.54.